The van der Waals surface area contributed by atoms with Crippen molar-refractivity contribution in [2.45, 2.75) is 43.6 Å². The van der Waals surface area contributed by atoms with E-state index in [0.717, 1.165) is 48.1 Å². The van der Waals surface area contributed by atoms with Gasteiger partial charge in [0.05, 0.1) is 38.2 Å². The number of esters is 1. The van der Waals surface area contributed by atoms with E-state index < -0.39 is 5.97 Å². The molecule has 44 heavy (non-hydrogen) atoms. The zero-order valence-electron chi connectivity index (χ0n) is 24.9. The molecule has 0 saturated carbocycles. The second-order valence-electron chi connectivity index (χ2n) is 10.2. The summed E-state index contributed by atoms with van der Waals surface area (Å²) in [6.45, 7) is 0. The monoisotopic (exact) mass is 627 g/mol. The number of carbonyl (C=O) groups excluding carboxylic acids is 2. The van der Waals surface area contributed by atoms with Gasteiger partial charge in [-0.15, -0.1) is 23.1 Å². The molecule has 0 unspecified atom stereocenters. The molecule has 10 heteroatoms. The van der Waals surface area contributed by atoms with Crippen molar-refractivity contribution in [2.75, 3.05) is 32.4 Å². The predicted molar refractivity (Wildman–Crippen MR) is 174 cm³/mol. The highest BCUT2D eigenvalue weighted by Crippen LogP contribution is 2.41. The van der Waals surface area contributed by atoms with Crippen LogP contribution < -0.4 is 14.8 Å². The molecule has 0 aliphatic heterocycles. The molecule has 8 nitrogen and oxygen atoms in total. The fraction of sp³-hybridized carbons (Fsp3) is 0.294. The van der Waals surface area contributed by atoms with E-state index in [-0.39, 0.29) is 12.3 Å². The van der Waals surface area contributed by atoms with E-state index in [9.17, 15) is 14.9 Å². The van der Waals surface area contributed by atoms with Gasteiger partial charge in [-0.1, -0.05) is 36.8 Å². The van der Waals surface area contributed by atoms with Crippen LogP contribution in [0.5, 0.6) is 11.5 Å². The van der Waals surface area contributed by atoms with E-state index in [1.807, 2.05) is 48.5 Å². The van der Waals surface area contributed by atoms with Gasteiger partial charge >= 0.3 is 5.97 Å². The van der Waals surface area contributed by atoms with Gasteiger partial charge in [0.25, 0.3) is 0 Å². The van der Waals surface area contributed by atoms with E-state index in [0.29, 0.717) is 55.2 Å². The number of hydrogen-bond donors (Lipinski definition) is 1. The number of amides is 1. The number of anilines is 1. The Labute approximate surface area is 265 Å². The lowest BCUT2D eigenvalue weighted by Gasteiger charge is -2.15. The Morgan fingerprint density at radius 3 is 2.52 bits per heavy atom. The number of methoxy groups -OCH3 is 3. The molecule has 2 aromatic carbocycles. The Bertz CT molecular complexity index is 1710. The lowest BCUT2D eigenvalue weighted by molar-refractivity contribution is -0.115. The zero-order chi connectivity index (χ0) is 31.1. The average Bonchev–Trinajstić information content (AvgIpc) is 3.23. The number of pyridine rings is 1. The van der Waals surface area contributed by atoms with Crippen molar-refractivity contribution in [3.63, 3.8) is 0 Å². The molecule has 4 aromatic rings. The highest BCUT2D eigenvalue weighted by Gasteiger charge is 2.26. The SMILES string of the molecule is COC(=O)c1c(NC(=O)CCSc2nc(-c3ccccc3)cc(-c3cc(OC)ccc3OC)c2C#N)sc2c1CCCCC2. The Balaban J connectivity index is 1.42. The summed E-state index contributed by atoms with van der Waals surface area (Å²) in [6.07, 6.45) is 5.07. The Morgan fingerprint density at radius 1 is 1.00 bits per heavy atom. The van der Waals surface area contributed by atoms with Gasteiger partial charge in [-0.2, -0.15) is 5.26 Å². The first-order valence-electron chi connectivity index (χ1n) is 14.4. The van der Waals surface area contributed by atoms with Gasteiger partial charge in [0.1, 0.15) is 27.6 Å². The molecule has 0 saturated heterocycles. The smallest absolute Gasteiger partial charge is 0.341 e. The molecule has 1 aliphatic rings. The Kier molecular flexibility index (Phi) is 10.2. The van der Waals surface area contributed by atoms with Crippen LogP contribution in [0, 0.1) is 11.3 Å². The van der Waals surface area contributed by atoms with E-state index in [1.165, 1.54) is 30.2 Å². The molecule has 5 rings (SSSR count). The number of thiophene rings is 1. The maximum Gasteiger partial charge on any atom is 0.341 e. The molecule has 0 bridgehead atoms. The highest BCUT2D eigenvalue weighted by atomic mass is 32.2. The van der Waals surface area contributed by atoms with E-state index in [2.05, 4.69) is 11.4 Å². The lowest BCUT2D eigenvalue weighted by atomic mass is 9.98. The molecule has 2 aromatic heterocycles. The second-order valence-corrected chi connectivity index (χ2v) is 12.4. The number of nitrogens with zero attached hydrogens (tertiary/aromatic N) is 2. The third-order valence-electron chi connectivity index (χ3n) is 7.50. The van der Waals surface area contributed by atoms with Gasteiger partial charge in [0.15, 0.2) is 0 Å². The summed E-state index contributed by atoms with van der Waals surface area (Å²) < 4.78 is 16.2. The fourth-order valence-corrected chi connectivity index (χ4v) is 7.54. The van der Waals surface area contributed by atoms with Crippen LogP contribution in [0.1, 0.15) is 52.0 Å². The number of fused-ring (bicyclic) bond motifs is 1. The van der Waals surface area contributed by atoms with Crippen LogP contribution in [-0.4, -0.2) is 43.9 Å². The number of hydrogen-bond acceptors (Lipinski definition) is 9. The lowest BCUT2D eigenvalue weighted by Crippen LogP contribution is -2.15. The second kappa shape index (κ2) is 14.4. The van der Waals surface area contributed by atoms with Crippen molar-refractivity contribution < 1.29 is 23.8 Å². The van der Waals surface area contributed by atoms with Crippen molar-refractivity contribution in [1.29, 1.82) is 5.26 Å². The first-order chi connectivity index (χ1) is 21.5. The zero-order valence-corrected chi connectivity index (χ0v) is 26.5. The van der Waals surface area contributed by atoms with Crippen molar-refractivity contribution in [2.24, 2.45) is 0 Å². The molecule has 0 atom stereocenters. The van der Waals surface area contributed by atoms with Gasteiger partial charge < -0.3 is 19.5 Å². The minimum absolute atomic E-state index is 0.160. The summed E-state index contributed by atoms with van der Waals surface area (Å²) in [5.41, 5.74) is 4.83. The molecular weight excluding hydrogens is 595 g/mol. The van der Waals surface area contributed by atoms with Gasteiger partial charge in [0, 0.05) is 33.7 Å². The number of nitrogens with one attached hydrogen (secondary N) is 1. The minimum atomic E-state index is -0.421. The van der Waals surface area contributed by atoms with Crippen LogP contribution in [0.3, 0.4) is 0 Å². The predicted octanol–water partition coefficient (Wildman–Crippen LogP) is 7.54. The van der Waals surface area contributed by atoms with Gasteiger partial charge in [-0.05, 0) is 55.5 Å². The topological polar surface area (TPSA) is 111 Å². The van der Waals surface area contributed by atoms with Crippen LogP contribution in [0.15, 0.2) is 59.6 Å². The van der Waals surface area contributed by atoms with E-state index in [4.69, 9.17) is 19.2 Å². The van der Waals surface area contributed by atoms with E-state index >= 15 is 0 Å². The fourth-order valence-electron chi connectivity index (χ4n) is 5.31. The summed E-state index contributed by atoms with van der Waals surface area (Å²) in [5.74, 6) is 0.963. The number of nitriles is 1. The maximum absolute atomic E-state index is 13.1. The molecular formula is C34H33N3O5S2. The van der Waals surface area contributed by atoms with Gasteiger partial charge in [-0.3, -0.25) is 4.79 Å². The molecule has 0 spiro atoms. The molecule has 0 radical (unpaired) electrons. The number of carbonyl (C=O) groups is 2. The molecule has 1 N–H and O–H groups in total. The summed E-state index contributed by atoms with van der Waals surface area (Å²) in [6, 6.07) is 19.4. The normalized spacial score (nSPS) is 12.4. The third kappa shape index (κ3) is 6.74. The average molecular weight is 628 g/mol. The number of aryl methyl sites for hydroxylation is 1. The molecule has 0 fully saturated rings. The summed E-state index contributed by atoms with van der Waals surface area (Å²) in [7, 11) is 4.54. The Hall–Kier alpha value is -4.33. The first kappa shape index (κ1) is 31.1. The maximum atomic E-state index is 13.1. The minimum Gasteiger partial charge on any atom is -0.497 e. The van der Waals surface area contributed by atoms with Crippen molar-refractivity contribution in [3.8, 4) is 40.0 Å². The number of rotatable bonds is 10. The quantitative estimate of drug-likeness (QED) is 0.109. The standard InChI is InChI=1S/C34H33N3O5S2/c1-40-22-14-15-28(41-2)25(18-22)24-19-27(21-10-6-4-7-11-21)36-32(26(24)20-35)43-17-16-30(38)37-33-31(34(39)42-3)23-12-8-5-9-13-29(23)44-33/h4,6-7,10-11,14-15,18-19H,5,8-9,12-13,16-17H2,1-3H3,(H,37,38). The van der Waals surface area contributed by atoms with Crippen LogP contribution in [0.2, 0.25) is 0 Å². The Morgan fingerprint density at radius 2 is 1.80 bits per heavy atom. The number of thioether (sulfide) groups is 1. The first-order valence-corrected chi connectivity index (χ1v) is 16.2. The van der Waals surface area contributed by atoms with Crippen LogP contribution in [0.4, 0.5) is 5.00 Å². The molecule has 226 valence electrons. The number of aromatic nitrogens is 1. The summed E-state index contributed by atoms with van der Waals surface area (Å²) in [4.78, 5) is 31.8. The molecule has 1 aliphatic carbocycles. The van der Waals surface area contributed by atoms with Gasteiger partial charge in [0.2, 0.25) is 5.91 Å². The number of ether oxygens (including phenoxy) is 3. The molecule has 1 amide bonds. The summed E-state index contributed by atoms with van der Waals surface area (Å²) >= 11 is 2.81. The molecule has 2 heterocycles. The largest absolute Gasteiger partial charge is 0.497 e. The van der Waals surface area contributed by atoms with Crippen molar-refractivity contribution >= 4 is 40.0 Å². The third-order valence-corrected chi connectivity index (χ3v) is 9.68. The van der Waals surface area contributed by atoms with Gasteiger partial charge in [-0.25, -0.2) is 9.78 Å². The van der Waals surface area contributed by atoms with Crippen molar-refractivity contribution in [1.82, 2.24) is 4.98 Å². The highest BCUT2D eigenvalue weighted by molar-refractivity contribution is 7.99. The summed E-state index contributed by atoms with van der Waals surface area (Å²) in [5, 5.41) is 14.4. The van der Waals surface area contributed by atoms with Crippen LogP contribution in [0.25, 0.3) is 22.4 Å². The number of benzene rings is 2. The van der Waals surface area contributed by atoms with E-state index in [1.54, 1.807) is 20.3 Å². The van der Waals surface area contributed by atoms with Crippen molar-refractivity contribution in [3.05, 3.63) is 76.2 Å². The van der Waals surface area contributed by atoms with Crippen LogP contribution in [-0.2, 0) is 22.4 Å². The van der Waals surface area contributed by atoms with Crippen LogP contribution >= 0.6 is 23.1 Å².